The van der Waals surface area contributed by atoms with Crippen molar-refractivity contribution in [3.63, 3.8) is 0 Å². The molecule has 0 bridgehead atoms. The van der Waals surface area contributed by atoms with Gasteiger partial charge in [-0.1, -0.05) is 25.5 Å². The number of anilines is 2. The Morgan fingerprint density at radius 1 is 1.33 bits per heavy atom. The molecule has 1 aliphatic heterocycles. The summed E-state index contributed by atoms with van der Waals surface area (Å²) in [5.41, 5.74) is 1.92. The Bertz CT molecular complexity index is 362. The molecule has 1 aliphatic rings. The molecule has 2 N–H and O–H groups in total. The van der Waals surface area contributed by atoms with E-state index in [1.165, 1.54) is 0 Å². The van der Waals surface area contributed by atoms with Crippen LogP contribution in [0.1, 0.15) is 26.2 Å². The minimum atomic E-state index is 0.103. The molecular formula is C12H16N2O. The van der Waals surface area contributed by atoms with Gasteiger partial charge >= 0.3 is 0 Å². The number of nitrogens with one attached hydrogen (secondary N) is 2. The van der Waals surface area contributed by atoms with E-state index in [0.717, 1.165) is 24.2 Å². The van der Waals surface area contributed by atoms with Gasteiger partial charge in [-0.3, -0.25) is 4.79 Å². The number of fused-ring (bicyclic) bond motifs is 1. The molecule has 0 spiro atoms. The van der Waals surface area contributed by atoms with Gasteiger partial charge in [-0.05, 0) is 18.6 Å². The Balaban J connectivity index is 2.23. The quantitative estimate of drug-likeness (QED) is 0.777. The normalized spacial score (nSPS) is 19.8. The molecule has 15 heavy (non-hydrogen) atoms. The van der Waals surface area contributed by atoms with Crippen molar-refractivity contribution in [3.8, 4) is 0 Å². The zero-order valence-electron chi connectivity index (χ0n) is 8.92. The first-order chi connectivity index (χ1) is 7.29. The van der Waals surface area contributed by atoms with Gasteiger partial charge in [-0.25, -0.2) is 0 Å². The highest BCUT2D eigenvalue weighted by molar-refractivity contribution is 5.96. The fourth-order valence-electron chi connectivity index (χ4n) is 1.94. The van der Waals surface area contributed by atoms with Crippen LogP contribution in [0.3, 0.4) is 0 Å². The van der Waals surface area contributed by atoms with Gasteiger partial charge in [0.15, 0.2) is 0 Å². The second kappa shape index (κ2) is 4.34. The maximum Gasteiger partial charge on any atom is 0.226 e. The minimum absolute atomic E-state index is 0.103. The molecule has 0 radical (unpaired) electrons. The van der Waals surface area contributed by atoms with Gasteiger partial charge < -0.3 is 10.6 Å². The predicted molar refractivity (Wildman–Crippen MR) is 62.0 cm³/mol. The van der Waals surface area contributed by atoms with E-state index in [1.807, 2.05) is 24.3 Å². The fourth-order valence-corrected chi connectivity index (χ4v) is 1.94. The van der Waals surface area contributed by atoms with Gasteiger partial charge in [0.05, 0.1) is 11.4 Å². The first kappa shape index (κ1) is 10.0. The van der Waals surface area contributed by atoms with Crippen LogP contribution in [0.5, 0.6) is 0 Å². The van der Waals surface area contributed by atoms with E-state index in [0.29, 0.717) is 6.42 Å². The van der Waals surface area contributed by atoms with Gasteiger partial charge in [-0.2, -0.15) is 0 Å². The third kappa shape index (κ3) is 2.29. The van der Waals surface area contributed by atoms with E-state index < -0.39 is 0 Å². The van der Waals surface area contributed by atoms with E-state index in [2.05, 4.69) is 17.6 Å². The molecule has 1 amide bonds. The monoisotopic (exact) mass is 204 g/mol. The highest BCUT2D eigenvalue weighted by Gasteiger charge is 2.19. The molecule has 0 aliphatic carbocycles. The van der Waals surface area contributed by atoms with Gasteiger partial charge in [0.2, 0.25) is 5.91 Å². The molecule has 1 heterocycles. The first-order valence-electron chi connectivity index (χ1n) is 5.45. The lowest BCUT2D eigenvalue weighted by molar-refractivity contribution is -0.116. The lowest BCUT2D eigenvalue weighted by Crippen LogP contribution is -2.22. The molecule has 1 atom stereocenters. The van der Waals surface area contributed by atoms with Crippen molar-refractivity contribution < 1.29 is 4.79 Å². The van der Waals surface area contributed by atoms with E-state index >= 15 is 0 Å². The van der Waals surface area contributed by atoms with Gasteiger partial charge in [-0.15, -0.1) is 0 Å². The summed E-state index contributed by atoms with van der Waals surface area (Å²) in [5.74, 6) is 0.103. The van der Waals surface area contributed by atoms with Crippen LogP contribution >= 0.6 is 0 Å². The second-order valence-corrected chi connectivity index (χ2v) is 3.93. The zero-order valence-corrected chi connectivity index (χ0v) is 8.92. The first-order valence-corrected chi connectivity index (χ1v) is 5.45. The molecule has 1 unspecified atom stereocenters. The highest BCUT2D eigenvalue weighted by atomic mass is 16.1. The predicted octanol–water partition coefficient (Wildman–Crippen LogP) is 2.61. The molecule has 3 nitrogen and oxygen atoms in total. The average Bonchev–Trinajstić information content (AvgIpc) is 2.35. The summed E-state index contributed by atoms with van der Waals surface area (Å²) in [6, 6.07) is 8.10. The van der Waals surface area contributed by atoms with Crippen molar-refractivity contribution in [1.82, 2.24) is 0 Å². The number of carbonyl (C=O) groups excluding carboxylic acids is 1. The maximum absolute atomic E-state index is 11.6. The largest absolute Gasteiger partial charge is 0.380 e. The Labute approximate surface area is 89.9 Å². The third-order valence-electron chi connectivity index (χ3n) is 2.63. The maximum atomic E-state index is 11.6. The third-order valence-corrected chi connectivity index (χ3v) is 2.63. The number of amides is 1. The molecular weight excluding hydrogens is 188 g/mol. The van der Waals surface area contributed by atoms with Crippen molar-refractivity contribution in [2.45, 2.75) is 32.2 Å². The van der Waals surface area contributed by atoms with Crippen molar-refractivity contribution in [2.75, 3.05) is 10.6 Å². The SMILES string of the molecule is CCCC1CC(=O)Nc2ccccc2N1. The number of benzene rings is 1. The summed E-state index contributed by atoms with van der Waals surface area (Å²) in [7, 11) is 0. The van der Waals surface area contributed by atoms with E-state index in [1.54, 1.807) is 0 Å². The molecule has 0 aromatic heterocycles. The van der Waals surface area contributed by atoms with Crippen molar-refractivity contribution in [1.29, 1.82) is 0 Å². The number of para-hydroxylation sites is 2. The summed E-state index contributed by atoms with van der Waals surface area (Å²) in [4.78, 5) is 11.6. The molecule has 3 heteroatoms. The lowest BCUT2D eigenvalue weighted by Gasteiger charge is -2.15. The zero-order chi connectivity index (χ0) is 10.7. The van der Waals surface area contributed by atoms with Crippen molar-refractivity contribution >= 4 is 17.3 Å². The highest BCUT2D eigenvalue weighted by Crippen LogP contribution is 2.26. The van der Waals surface area contributed by atoms with Crippen LogP contribution in [0, 0.1) is 0 Å². The Morgan fingerprint density at radius 3 is 2.80 bits per heavy atom. The summed E-state index contributed by atoms with van der Waals surface area (Å²) >= 11 is 0. The van der Waals surface area contributed by atoms with Crippen LogP contribution in [0.25, 0.3) is 0 Å². The van der Waals surface area contributed by atoms with Crippen LogP contribution in [0.2, 0.25) is 0 Å². The van der Waals surface area contributed by atoms with Gasteiger partial charge in [0, 0.05) is 12.5 Å². The standard InChI is InChI=1S/C12H16N2O/c1-2-5-9-8-12(15)14-11-7-4-3-6-10(11)13-9/h3-4,6-7,9,13H,2,5,8H2,1H3,(H,14,15). The molecule has 0 saturated carbocycles. The summed E-state index contributed by atoms with van der Waals surface area (Å²) in [6.45, 7) is 2.14. The molecule has 0 fully saturated rings. The van der Waals surface area contributed by atoms with Crippen LogP contribution in [0.4, 0.5) is 11.4 Å². The van der Waals surface area contributed by atoms with Gasteiger partial charge in [0.25, 0.3) is 0 Å². The number of carbonyl (C=O) groups is 1. The smallest absolute Gasteiger partial charge is 0.226 e. The van der Waals surface area contributed by atoms with Crippen LogP contribution in [-0.2, 0) is 4.79 Å². The van der Waals surface area contributed by atoms with Crippen LogP contribution in [0.15, 0.2) is 24.3 Å². The molecule has 1 aromatic rings. The number of rotatable bonds is 2. The molecule has 1 aromatic carbocycles. The van der Waals surface area contributed by atoms with E-state index in [4.69, 9.17) is 0 Å². The number of hydrogen-bond donors (Lipinski definition) is 2. The topological polar surface area (TPSA) is 41.1 Å². The summed E-state index contributed by atoms with van der Waals surface area (Å²) in [6.07, 6.45) is 2.68. The van der Waals surface area contributed by atoms with Crippen LogP contribution in [-0.4, -0.2) is 11.9 Å². The molecule has 2 rings (SSSR count). The number of hydrogen-bond acceptors (Lipinski definition) is 2. The Hall–Kier alpha value is -1.51. The van der Waals surface area contributed by atoms with Crippen molar-refractivity contribution in [2.24, 2.45) is 0 Å². The minimum Gasteiger partial charge on any atom is -0.380 e. The summed E-state index contributed by atoms with van der Waals surface area (Å²) in [5, 5.41) is 6.32. The van der Waals surface area contributed by atoms with E-state index in [-0.39, 0.29) is 11.9 Å². The summed E-state index contributed by atoms with van der Waals surface area (Å²) < 4.78 is 0. The Morgan fingerprint density at radius 2 is 2.07 bits per heavy atom. The van der Waals surface area contributed by atoms with E-state index in [9.17, 15) is 4.79 Å². The average molecular weight is 204 g/mol. The van der Waals surface area contributed by atoms with Crippen LogP contribution < -0.4 is 10.6 Å². The van der Waals surface area contributed by atoms with Gasteiger partial charge in [0.1, 0.15) is 0 Å². The van der Waals surface area contributed by atoms with Crippen molar-refractivity contribution in [3.05, 3.63) is 24.3 Å². The second-order valence-electron chi connectivity index (χ2n) is 3.93. The fraction of sp³-hybridized carbons (Fsp3) is 0.417. The molecule has 0 saturated heterocycles. The Kier molecular flexibility index (Phi) is 2.90. The lowest BCUT2D eigenvalue weighted by atomic mass is 10.1. The molecule has 80 valence electrons.